The maximum Gasteiger partial charge on any atom is 0.262 e. The van der Waals surface area contributed by atoms with Crippen LogP contribution in [-0.2, 0) is 0 Å². The highest BCUT2D eigenvalue weighted by molar-refractivity contribution is 5.25. The first-order chi connectivity index (χ1) is 9.81. The lowest BCUT2D eigenvalue weighted by atomic mass is 9.68. The smallest absolute Gasteiger partial charge is 0.262 e. The maximum atomic E-state index is 11.7. The molecule has 0 spiro atoms. The van der Waals surface area contributed by atoms with Crippen molar-refractivity contribution in [2.45, 2.75) is 50.2 Å². The predicted molar refractivity (Wildman–Crippen MR) is 75.2 cm³/mol. The van der Waals surface area contributed by atoms with E-state index in [9.17, 15) is 25.3 Å². The van der Waals surface area contributed by atoms with Crippen molar-refractivity contribution in [2.24, 2.45) is 0 Å². The van der Waals surface area contributed by atoms with Gasteiger partial charge in [0.15, 0.2) is 0 Å². The number of nitro groups is 2. The molecule has 1 aliphatic heterocycles. The minimum atomic E-state index is -1.41. The highest BCUT2D eigenvalue weighted by Gasteiger charge is 2.65. The largest absolute Gasteiger partial charge is 0.395 e. The molecule has 118 valence electrons. The Kier molecular flexibility index (Phi) is 4.03. The molecule has 2 bridgehead atoms. The van der Waals surface area contributed by atoms with Crippen molar-refractivity contribution in [2.75, 3.05) is 19.7 Å². The number of nitrogens with zero attached hydrogens (tertiary/aromatic N) is 3. The zero-order valence-corrected chi connectivity index (χ0v) is 12.3. The van der Waals surface area contributed by atoms with E-state index in [0.29, 0.717) is 12.0 Å². The third kappa shape index (κ3) is 2.32. The number of fused-ring (bicyclic) bond motifs is 2. The van der Waals surface area contributed by atoms with Crippen molar-refractivity contribution >= 4 is 0 Å². The van der Waals surface area contributed by atoms with E-state index >= 15 is 0 Å². The molecule has 0 aromatic heterocycles. The molecule has 3 atom stereocenters. The van der Waals surface area contributed by atoms with Gasteiger partial charge in [-0.3, -0.25) is 25.1 Å². The number of hydrogen-bond acceptors (Lipinski definition) is 6. The van der Waals surface area contributed by atoms with Gasteiger partial charge in [-0.05, 0) is 13.3 Å². The second kappa shape index (κ2) is 5.34. The monoisotopic (exact) mass is 299 g/mol. The quantitative estimate of drug-likeness (QED) is 0.457. The van der Waals surface area contributed by atoms with Crippen LogP contribution < -0.4 is 0 Å². The van der Waals surface area contributed by atoms with Gasteiger partial charge in [0.05, 0.1) is 26.1 Å². The molecule has 0 saturated carbocycles. The molecule has 1 fully saturated rings. The van der Waals surface area contributed by atoms with Gasteiger partial charge in [0, 0.05) is 27.9 Å². The SMILES string of the molecule is CC[C@@H](CO)N1C[C@@]2([N+](=O)[O-])CC=C(C)[C@@]([N+](=O)[O-])(C1)C2. The number of likely N-dealkylation sites (tertiary alicyclic amines) is 1. The molecule has 0 aromatic rings. The third-order valence-electron chi connectivity index (χ3n) is 5.04. The molecule has 0 aromatic carbocycles. The molecular weight excluding hydrogens is 278 g/mol. The fourth-order valence-electron chi connectivity index (χ4n) is 3.58. The molecule has 2 rings (SSSR count). The second-order valence-corrected chi connectivity index (χ2v) is 6.19. The number of rotatable bonds is 5. The molecule has 0 radical (unpaired) electrons. The Hall–Kier alpha value is -1.54. The Morgan fingerprint density at radius 3 is 2.52 bits per heavy atom. The summed E-state index contributed by atoms with van der Waals surface area (Å²) in [7, 11) is 0. The van der Waals surface area contributed by atoms with Gasteiger partial charge in [-0.1, -0.05) is 13.0 Å². The van der Waals surface area contributed by atoms with Gasteiger partial charge >= 0.3 is 0 Å². The fraction of sp³-hybridized carbons (Fsp3) is 0.846. The van der Waals surface area contributed by atoms with Gasteiger partial charge in [-0.2, -0.15) is 0 Å². The second-order valence-electron chi connectivity index (χ2n) is 6.19. The molecule has 0 unspecified atom stereocenters. The van der Waals surface area contributed by atoms with Crippen LogP contribution in [0.4, 0.5) is 0 Å². The van der Waals surface area contributed by atoms with E-state index in [1.54, 1.807) is 17.9 Å². The number of piperidine rings is 1. The highest BCUT2D eigenvalue weighted by atomic mass is 16.6. The van der Waals surface area contributed by atoms with E-state index in [-0.39, 0.29) is 48.4 Å². The summed E-state index contributed by atoms with van der Waals surface area (Å²) in [5, 5.41) is 32.7. The van der Waals surface area contributed by atoms with Gasteiger partial charge in [0.2, 0.25) is 5.54 Å². The molecule has 0 amide bonds. The molecule has 21 heavy (non-hydrogen) atoms. The van der Waals surface area contributed by atoms with Gasteiger partial charge in [-0.15, -0.1) is 0 Å². The van der Waals surface area contributed by atoms with Crippen LogP contribution in [0.3, 0.4) is 0 Å². The lowest BCUT2D eigenvalue weighted by Gasteiger charge is -2.47. The van der Waals surface area contributed by atoms with E-state index in [4.69, 9.17) is 0 Å². The summed E-state index contributed by atoms with van der Waals surface area (Å²) in [6, 6.07) is -0.283. The van der Waals surface area contributed by atoms with Crippen molar-refractivity contribution in [1.82, 2.24) is 4.90 Å². The average Bonchev–Trinajstić information content (AvgIpc) is 2.44. The summed E-state index contributed by atoms with van der Waals surface area (Å²) < 4.78 is 0. The minimum Gasteiger partial charge on any atom is -0.395 e. The standard InChI is InChI=1S/C13H21N3O5/c1-3-11(6-17)14-8-12(15(18)19)5-4-10(2)13(7-12,9-14)16(20)21/h4,11,17H,3,5-9H2,1-2H3/t11-,12+,13-/m0/s1. The Morgan fingerprint density at radius 1 is 1.38 bits per heavy atom. The lowest BCUT2D eigenvalue weighted by Crippen LogP contribution is -2.68. The molecule has 2 aliphatic rings. The van der Waals surface area contributed by atoms with Gasteiger partial charge in [0.1, 0.15) is 0 Å². The fourth-order valence-corrected chi connectivity index (χ4v) is 3.58. The van der Waals surface area contributed by atoms with Crippen molar-refractivity contribution in [1.29, 1.82) is 0 Å². The van der Waals surface area contributed by atoms with E-state index < -0.39 is 11.1 Å². The normalized spacial score (nSPS) is 34.1. The number of aliphatic hydroxyl groups excluding tert-OH is 1. The van der Waals surface area contributed by atoms with Crippen molar-refractivity contribution in [3.8, 4) is 0 Å². The Balaban J connectivity index is 2.49. The highest BCUT2D eigenvalue weighted by Crippen LogP contribution is 2.44. The van der Waals surface area contributed by atoms with Crippen LogP contribution in [0.5, 0.6) is 0 Å². The zero-order valence-electron chi connectivity index (χ0n) is 12.3. The summed E-state index contributed by atoms with van der Waals surface area (Å²) in [4.78, 5) is 24.2. The number of hydrogen-bond donors (Lipinski definition) is 1. The molecule has 8 nitrogen and oxygen atoms in total. The third-order valence-corrected chi connectivity index (χ3v) is 5.04. The summed E-state index contributed by atoms with van der Waals surface area (Å²) in [5.74, 6) is 0. The van der Waals surface area contributed by atoms with Gasteiger partial charge in [-0.25, -0.2) is 0 Å². The van der Waals surface area contributed by atoms with E-state index in [0.717, 1.165) is 0 Å². The summed E-state index contributed by atoms with van der Waals surface area (Å²) in [6.07, 6.45) is 2.38. The Morgan fingerprint density at radius 2 is 2.05 bits per heavy atom. The van der Waals surface area contributed by atoms with Crippen molar-refractivity contribution < 1.29 is 15.0 Å². The molecular formula is C13H21N3O5. The predicted octanol–water partition coefficient (Wildman–Crippen LogP) is 0.844. The van der Waals surface area contributed by atoms with Gasteiger partial charge < -0.3 is 5.11 Å². The van der Waals surface area contributed by atoms with Crippen LogP contribution in [0.2, 0.25) is 0 Å². The lowest BCUT2D eigenvalue weighted by molar-refractivity contribution is -0.622. The Bertz CT molecular complexity index is 490. The molecule has 1 N–H and O–H groups in total. The van der Waals surface area contributed by atoms with E-state index in [2.05, 4.69) is 0 Å². The van der Waals surface area contributed by atoms with Crippen LogP contribution >= 0.6 is 0 Å². The minimum absolute atomic E-state index is 0.0688. The van der Waals surface area contributed by atoms with Crippen LogP contribution in [0.25, 0.3) is 0 Å². The van der Waals surface area contributed by atoms with Crippen LogP contribution in [-0.4, -0.2) is 56.7 Å². The van der Waals surface area contributed by atoms with E-state index in [1.165, 1.54) is 0 Å². The molecule has 1 heterocycles. The van der Waals surface area contributed by atoms with Crippen molar-refractivity contribution in [3.05, 3.63) is 31.9 Å². The number of aliphatic hydroxyl groups is 1. The molecule has 1 aliphatic carbocycles. The van der Waals surface area contributed by atoms with Crippen LogP contribution in [0.1, 0.15) is 33.1 Å². The van der Waals surface area contributed by atoms with E-state index in [1.807, 2.05) is 6.92 Å². The topological polar surface area (TPSA) is 110 Å². The molecule has 1 saturated heterocycles. The maximum absolute atomic E-state index is 11.7. The summed E-state index contributed by atoms with van der Waals surface area (Å²) in [5.41, 5.74) is -2.15. The summed E-state index contributed by atoms with van der Waals surface area (Å²) >= 11 is 0. The summed E-state index contributed by atoms with van der Waals surface area (Å²) in [6.45, 7) is 3.66. The first-order valence-electron chi connectivity index (χ1n) is 7.12. The van der Waals surface area contributed by atoms with Gasteiger partial charge in [0.25, 0.3) is 5.54 Å². The first-order valence-corrected chi connectivity index (χ1v) is 7.12. The Labute approximate surface area is 122 Å². The first kappa shape index (κ1) is 15.8. The van der Waals surface area contributed by atoms with Crippen LogP contribution in [0.15, 0.2) is 11.6 Å². The molecule has 8 heteroatoms. The van der Waals surface area contributed by atoms with Crippen molar-refractivity contribution in [3.63, 3.8) is 0 Å². The zero-order chi connectivity index (χ0) is 15.8. The average molecular weight is 299 g/mol. The van der Waals surface area contributed by atoms with Crippen LogP contribution in [0, 0.1) is 20.2 Å².